The van der Waals surface area contributed by atoms with E-state index < -0.39 is 0 Å². The highest BCUT2D eigenvalue weighted by molar-refractivity contribution is 6.29. The molecule has 0 aliphatic rings. The number of anilines is 6. The second-order valence-corrected chi connectivity index (χ2v) is 23.2. The Bertz CT molecular complexity index is 5900. The Balaban J connectivity index is 0.843. The molecule has 0 saturated carbocycles. The molecule has 0 N–H and O–H groups in total. The van der Waals surface area contributed by atoms with Crippen molar-refractivity contribution in [3.05, 3.63) is 278 Å². The first-order chi connectivity index (χ1) is 42.9. The molecule has 18 aromatic rings. The van der Waals surface area contributed by atoms with Gasteiger partial charge in [-0.15, -0.1) is 0 Å². The van der Waals surface area contributed by atoms with E-state index in [4.69, 9.17) is 8.83 Å². The highest BCUT2D eigenvalue weighted by atomic mass is 16.3. The monoisotopic (exact) mass is 1110 g/mol. The van der Waals surface area contributed by atoms with Crippen molar-refractivity contribution in [2.75, 3.05) is 9.80 Å². The van der Waals surface area contributed by atoms with Crippen LogP contribution in [0.1, 0.15) is 29.4 Å². The van der Waals surface area contributed by atoms with Gasteiger partial charge in [0.2, 0.25) is 0 Å². The quantitative estimate of drug-likeness (QED) is 0.137. The highest BCUT2D eigenvalue weighted by Gasteiger charge is 2.29. The molecule has 0 fully saturated rings. The number of furan rings is 2. The number of fused-ring (bicyclic) bond motifs is 16. The Kier molecular flexibility index (Phi) is 10.5. The summed E-state index contributed by atoms with van der Waals surface area (Å²) in [5.74, 6) is 0.753. The molecule has 6 heterocycles. The van der Waals surface area contributed by atoms with Gasteiger partial charge in [-0.2, -0.15) is 0 Å². The van der Waals surface area contributed by atoms with Crippen molar-refractivity contribution < 1.29 is 8.83 Å². The zero-order chi connectivity index (χ0) is 57.8. The van der Waals surface area contributed by atoms with E-state index in [1.807, 2.05) is 13.0 Å². The van der Waals surface area contributed by atoms with E-state index in [1.165, 1.54) is 70.7 Å². The Morgan fingerprint density at radius 1 is 0.379 bits per heavy atom. The smallest absolute Gasteiger partial charge is 0.159 e. The van der Waals surface area contributed by atoms with Gasteiger partial charge in [0.05, 0.1) is 55.8 Å². The Hall–Kier alpha value is -11.3. The molecule has 0 radical (unpaired) electrons. The van der Waals surface area contributed by atoms with E-state index in [-0.39, 0.29) is 0 Å². The molecule has 0 bridgehead atoms. The fraction of sp³-hybridized carbons (Fsp3) is 0.0370. The molecule has 18 rings (SSSR count). The zero-order valence-corrected chi connectivity index (χ0v) is 48.1. The fourth-order valence-electron chi connectivity index (χ4n) is 14.7. The van der Waals surface area contributed by atoms with E-state index in [2.05, 4.69) is 294 Å². The van der Waals surface area contributed by atoms with Gasteiger partial charge in [-0.05, 0) is 116 Å². The van der Waals surface area contributed by atoms with Crippen molar-refractivity contribution in [1.82, 2.24) is 8.80 Å². The van der Waals surface area contributed by atoms with E-state index >= 15 is 0 Å². The van der Waals surface area contributed by atoms with Crippen molar-refractivity contribution in [2.24, 2.45) is 0 Å². The number of aromatic nitrogens is 2. The maximum Gasteiger partial charge on any atom is 0.159 e. The van der Waals surface area contributed by atoms with Gasteiger partial charge in [-0.3, -0.25) is 0 Å². The number of aryl methyl sites for hydroxylation is 2. The molecule has 12 aromatic carbocycles. The van der Waals surface area contributed by atoms with Gasteiger partial charge in [-0.25, -0.2) is 0 Å². The second kappa shape index (κ2) is 18.6. The van der Waals surface area contributed by atoms with Crippen LogP contribution < -0.4 is 9.80 Å². The lowest BCUT2D eigenvalue weighted by Crippen LogP contribution is -2.13. The molecule has 0 aliphatic heterocycles. The lowest BCUT2D eigenvalue weighted by Gasteiger charge is -2.29. The third-order valence-electron chi connectivity index (χ3n) is 18.5. The predicted molar refractivity (Wildman–Crippen MR) is 367 cm³/mol. The summed E-state index contributed by atoms with van der Waals surface area (Å²) in [6, 6.07) is 88.9. The first kappa shape index (κ1) is 49.1. The van der Waals surface area contributed by atoms with Crippen LogP contribution in [0.4, 0.5) is 34.1 Å². The summed E-state index contributed by atoms with van der Waals surface area (Å²) in [6.07, 6.45) is 6.01. The van der Waals surface area contributed by atoms with Crippen molar-refractivity contribution in [3.8, 4) is 22.3 Å². The molecule has 6 nitrogen and oxygen atoms in total. The molecule has 87 heavy (non-hydrogen) atoms. The topological polar surface area (TPSA) is 41.6 Å². The molecule has 0 spiro atoms. The van der Waals surface area contributed by atoms with Crippen LogP contribution >= 0.6 is 0 Å². The van der Waals surface area contributed by atoms with Crippen molar-refractivity contribution >= 4 is 155 Å². The minimum absolute atomic E-state index is 0.753. The minimum atomic E-state index is 0.753. The van der Waals surface area contributed by atoms with Gasteiger partial charge >= 0.3 is 0 Å². The number of hydrogen-bond donors (Lipinski definition) is 0. The van der Waals surface area contributed by atoms with Crippen LogP contribution in [-0.2, 0) is 0 Å². The third-order valence-corrected chi connectivity index (χ3v) is 18.5. The van der Waals surface area contributed by atoms with Crippen LogP contribution in [0.3, 0.4) is 0 Å². The van der Waals surface area contributed by atoms with Crippen LogP contribution in [0, 0.1) is 13.8 Å². The molecule has 0 atom stereocenters. The number of hydrogen-bond acceptors (Lipinski definition) is 4. The van der Waals surface area contributed by atoms with Crippen LogP contribution in [0.2, 0.25) is 0 Å². The molecule has 410 valence electrons. The van der Waals surface area contributed by atoms with E-state index in [0.29, 0.717) is 0 Å². The van der Waals surface area contributed by atoms with Gasteiger partial charge in [0.1, 0.15) is 11.3 Å². The Morgan fingerprint density at radius 3 is 1.34 bits per heavy atom. The van der Waals surface area contributed by atoms with Crippen molar-refractivity contribution in [3.63, 3.8) is 0 Å². The maximum atomic E-state index is 6.90. The number of rotatable bonds is 10. The summed E-state index contributed by atoms with van der Waals surface area (Å²) < 4.78 is 18.8. The van der Waals surface area contributed by atoms with E-state index in [9.17, 15) is 0 Å². The number of para-hydroxylation sites is 5. The summed E-state index contributed by atoms with van der Waals surface area (Å²) in [5, 5.41) is 13.0. The Labute approximate surface area is 500 Å². The molecule has 6 aromatic heterocycles. The number of benzene rings is 12. The molecular weight excluding hydrogens is 1060 g/mol. The standard InChI is InChI=1S/C81H54N4O2/c1-5-21-56-62-40-36-48(3)76(80(62)86-74(56)6-2)82(68-33-16-13-26-54(68)50-22-9-7-10-23-50)52-38-42-70-64(44-52)58-29-19-31-60-66-47-73-67(46-72(66)84(70)78(58)60)61-32-20-30-59-65-45-53(39-43-71(65)85(73)79(59)61)83(69-34-17-14-27-55(69)51-24-11-8-12-25-51)77-49(4)37-41-63-57-28-15-18-35-75(57)87-81(63)77/h5-47H,2H2,1,3-4H3/b21-5-. The molecule has 0 amide bonds. The first-order valence-corrected chi connectivity index (χ1v) is 29.9. The highest BCUT2D eigenvalue weighted by Crippen LogP contribution is 2.52. The summed E-state index contributed by atoms with van der Waals surface area (Å²) in [6.45, 7) is 10.6. The lowest BCUT2D eigenvalue weighted by molar-refractivity contribution is 0.603. The number of nitrogens with zero attached hydrogens (tertiary/aromatic N) is 4. The van der Waals surface area contributed by atoms with Crippen molar-refractivity contribution in [2.45, 2.75) is 20.8 Å². The van der Waals surface area contributed by atoms with E-state index in [0.717, 1.165) is 117 Å². The summed E-state index contributed by atoms with van der Waals surface area (Å²) in [7, 11) is 0. The predicted octanol–water partition coefficient (Wildman–Crippen LogP) is 23.2. The summed E-state index contributed by atoms with van der Waals surface area (Å²) in [4.78, 5) is 4.85. The van der Waals surface area contributed by atoms with Gasteiger partial charge in [0, 0.05) is 87.3 Å². The second-order valence-electron chi connectivity index (χ2n) is 23.2. The first-order valence-electron chi connectivity index (χ1n) is 29.9. The van der Waals surface area contributed by atoms with Gasteiger partial charge in [-0.1, -0.05) is 195 Å². The average Bonchev–Trinajstić information content (AvgIpc) is 1.55. The number of allylic oxidation sites excluding steroid dienone is 1. The molecular formula is C81H54N4O2. The SMILES string of the molecule is C=Cc1oc2c(N(c3ccc4c(c3)c3cccc5c6cc7c(cc6n4c35)c3cccc4c5cc(N(c6ccccc6-c6ccccc6)c6c(C)ccc8c6oc6ccccc68)ccc5n7c43)c3ccccc3-c3ccccc3)c(C)ccc2c1/C=C\C. The van der Waals surface area contributed by atoms with Crippen molar-refractivity contribution in [1.29, 1.82) is 0 Å². The molecule has 0 unspecified atom stereocenters. The minimum Gasteiger partial charge on any atom is -0.454 e. The van der Waals surface area contributed by atoms with Gasteiger partial charge < -0.3 is 27.4 Å². The van der Waals surface area contributed by atoms with E-state index in [1.54, 1.807) is 0 Å². The Morgan fingerprint density at radius 2 is 0.828 bits per heavy atom. The van der Waals surface area contributed by atoms with Crippen LogP contribution in [-0.4, -0.2) is 8.80 Å². The molecule has 6 heteroatoms. The van der Waals surface area contributed by atoms with Gasteiger partial charge in [0.15, 0.2) is 11.2 Å². The largest absolute Gasteiger partial charge is 0.454 e. The summed E-state index contributed by atoms with van der Waals surface area (Å²) >= 11 is 0. The average molecular weight is 1120 g/mol. The third kappa shape index (κ3) is 6.92. The zero-order valence-electron chi connectivity index (χ0n) is 48.1. The van der Waals surface area contributed by atoms with Crippen LogP contribution in [0.15, 0.2) is 264 Å². The molecule has 0 aliphatic carbocycles. The summed E-state index contributed by atoms with van der Waals surface area (Å²) in [5.41, 5.74) is 23.8. The molecule has 0 saturated heterocycles. The van der Waals surface area contributed by atoms with Crippen LogP contribution in [0.25, 0.3) is 144 Å². The maximum absolute atomic E-state index is 6.90. The normalized spacial score (nSPS) is 12.3. The fourth-order valence-corrected chi connectivity index (χ4v) is 14.7. The van der Waals surface area contributed by atoms with Gasteiger partial charge in [0.25, 0.3) is 0 Å². The lowest BCUT2D eigenvalue weighted by atomic mass is 9.99. The van der Waals surface area contributed by atoms with Crippen LogP contribution in [0.5, 0.6) is 0 Å².